The summed E-state index contributed by atoms with van der Waals surface area (Å²) < 4.78 is 13.3. The van der Waals surface area contributed by atoms with Gasteiger partial charge >= 0.3 is 0 Å². The van der Waals surface area contributed by atoms with Crippen molar-refractivity contribution in [2.24, 2.45) is 0 Å². The highest BCUT2D eigenvalue weighted by molar-refractivity contribution is 6.67. The molecule has 1 aromatic carbocycles. The van der Waals surface area contributed by atoms with Crippen LogP contribution in [0.3, 0.4) is 0 Å². The van der Waals surface area contributed by atoms with Gasteiger partial charge in [-0.1, -0.05) is 26.8 Å². The van der Waals surface area contributed by atoms with E-state index in [0.29, 0.717) is 0 Å². The highest BCUT2D eigenvalue weighted by Crippen LogP contribution is 2.24. The minimum atomic E-state index is -0.761. The average molecular weight is 215 g/mol. The molecule has 0 spiro atoms. The predicted octanol–water partition coefficient (Wildman–Crippen LogP) is 3.50. The van der Waals surface area contributed by atoms with E-state index in [1.54, 1.807) is 6.07 Å². The molecule has 0 bridgehead atoms. The Labute approximate surface area is 87.9 Å². The van der Waals surface area contributed by atoms with E-state index in [9.17, 15) is 9.18 Å². The van der Waals surface area contributed by atoms with Crippen LogP contribution in [-0.2, 0) is 5.41 Å². The Balaban J connectivity index is 3.20. The van der Waals surface area contributed by atoms with Crippen molar-refractivity contribution < 1.29 is 9.18 Å². The van der Waals surface area contributed by atoms with Gasteiger partial charge in [0.05, 0.1) is 5.56 Å². The first-order valence-electron chi connectivity index (χ1n) is 4.32. The summed E-state index contributed by atoms with van der Waals surface area (Å²) in [6.07, 6.45) is 0. The maximum absolute atomic E-state index is 13.3. The van der Waals surface area contributed by atoms with E-state index in [1.165, 1.54) is 12.1 Å². The number of hydrogen-bond acceptors (Lipinski definition) is 1. The Bertz CT molecular complexity index is 366. The Morgan fingerprint density at radius 1 is 1.36 bits per heavy atom. The van der Waals surface area contributed by atoms with Crippen LogP contribution in [0.25, 0.3) is 0 Å². The molecule has 14 heavy (non-hydrogen) atoms. The van der Waals surface area contributed by atoms with Crippen molar-refractivity contribution in [1.29, 1.82) is 0 Å². The van der Waals surface area contributed by atoms with Crippen molar-refractivity contribution >= 4 is 16.8 Å². The topological polar surface area (TPSA) is 17.1 Å². The van der Waals surface area contributed by atoms with Crippen molar-refractivity contribution in [2.75, 3.05) is 0 Å². The molecular formula is C11H12ClFO. The van der Waals surface area contributed by atoms with Crippen molar-refractivity contribution in [1.82, 2.24) is 0 Å². The van der Waals surface area contributed by atoms with Crippen LogP contribution >= 0.6 is 11.6 Å². The van der Waals surface area contributed by atoms with Crippen LogP contribution in [0, 0.1) is 5.82 Å². The van der Waals surface area contributed by atoms with Gasteiger partial charge in [-0.05, 0) is 34.7 Å². The zero-order valence-electron chi connectivity index (χ0n) is 8.40. The molecule has 0 heterocycles. The lowest BCUT2D eigenvalue weighted by atomic mass is 9.86. The molecule has 0 saturated carbocycles. The fourth-order valence-corrected chi connectivity index (χ4v) is 1.29. The number of hydrogen-bond donors (Lipinski definition) is 0. The second-order valence-electron chi connectivity index (χ2n) is 4.22. The molecule has 76 valence electrons. The molecule has 1 rings (SSSR count). The zero-order chi connectivity index (χ0) is 10.9. The van der Waals surface area contributed by atoms with Gasteiger partial charge in [-0.15, -0.1) is 0 Å². The first-order valence-corrected chi connectivity index (χ1v) is 4.70. The van der Waals surface area contributed by atoms with Crippen LogP contribution in [0.2, 0.25) is 0 Å². The number of halogens is 2. The molecule has 0 radical (unpaired) electrons. The van der Waals surface area contributed by atoms with Gasteiger partial charge in [0.2, 0.25) is 0 Å². The molecule has 1 nitrogen and oxygen atoms in total. The van der Waals surface area contributed by atoms with Gasteiger partial charge < -0.3 is 0 Å². The number of benzene rings is 1. The SMILES string of the molecule is CC(C)(C)c1ccc(C(=O)Cl)c(F)c1. The summed E-state index contributed by atoms with van der Waals surface area (Å²) in [7, 11) is 0. The van der Waals surface area contributed by atoms with E-state index < -0.39 is 11.1 Å². The molecule has 0 saturated heterocycles. The maximum atomic E-state index is 13.3. The van der Waals surface area contributed by atoms with Gasteiger partial charge in [-0.2, -0.15) is 0 Å². The van der Waals surface area contributed by atoms with Crippen molar-refractivity contribution in [3.8, 4) is 0 Å². The fraction of sp³-hybridized carbons (Fsp3) is 0.364. The van der Waals surface area contributed by atoms with Crippen molar-refractivity contribution in [2.45, 2.75) is 26.2 Å². The summed E-state index contributed by atoms with van der Waals surface area (Å²) in [6, 6.07) is 4.50. The quantitative estimate of drug-likeness (QED) is 0.654. The number of carbonyl (C=O) groups excluding carboxylic acids is 1. The molecule has 0 fully saturated rings. The van der Waals surface area contributed by atoms with Crippen LogP contribution in [0.15, 0.2) is 18.2 Å². The van der Waals surface area contributed by atoms with Crippen LogP contribution in [-0.4, -0.2) is 5.24 Å². The second-order valence-corrected chi connectivity index (χ2v) is 4.56. The van der Waals surface area contributed by atoms with Crippen molar-refractivity contribution in [3.63, 3.8) is 0 Å². The highest BCUT2D eigenvalue weighted by Gasteiger charge is 2.17. The van der Waals surface area contributed by atoms with Gasteiger partial charge in [0, 0.05) is 0 Å². The summed E-state index contributed by atoms with van der Waals surface area (Å²) in [6.45, 7) is 5.93. The average Bonchev–Trinajstić information content (AvgIpc) is 2.01. The second kappa shape index (κ2) is 3.70. The first-order chi connectivity index (χ1) is 6.32. The molecule has 0 aromatic heterocycles. The Morgan fingerprint density at radius 3 is 2.29 bits per heavy atom. The van der Waals surface area contributed by atoms with Crippen LogP contribution < -0.4 is 0 Å². The molecule has 0 N–H and O–H groups in total. The summed E-state index contributed by atoms with van der Waals surface area (Å²) in [5.74, 6) is -0.558. The highest BCUT2D eigenvalue weighted by atomic mass is 35.5. The first kappa shape index (κ1) is 11.2. The maximum Gasteiger partial charge on any atom is 0.255 e. The van der Waals surface area contributed by atoms with E-state index in [4.69, 9.17) is 11.6 Å². The summed E-state index contributed by atoms with van der Waals surface area (Å²) in [4.78, 5) is 10.8. The van der Waals surface area contributed by atoms with E-state index in [2.05, 4.69) is 0 Å². The minimum Gasteiger partial charge on any atom is -0.275 e. The van der Waals surface area contributed by atoms with E-state index in [-0.39, 0.29) is 11.0 Å². The Hall–Kier alpha value is -0.890. The van der Waals surface area contributed by atoms with Gasteiger partial charge in [0.25, 0.3) is 5.24 Å². The molecule has 3 heteroatoms. The molecule has 0 aliphatic heterocycles. The Morgan fingerprint density at radius 2 is 1.93 bits per heavy atom. The number of carbonyl (C=O) groups is 1. The molecule has 1 aromatic rings. The summed E-state index contributed by atoms with van der Waals surface area (Å²) in [5.41, 5.74) is 0.644. The monoisotopic (exact) mass is 214 g/mol. The normalized spacial score (nSPS) is 11.5. The molecular weight excluding hydrogens is 203 g/mol. The third-order valence-electron chi connectivity index (χ3n) is 2.05. The molecule has 0 atom stereocenters. The van der Waals surface area contributed by atoms with Gasteiger partial charge in [0.15, 0.2) is 0 Å². The fourth-order valence-electron chi connectivity index (χ4n) is 1.14. The lowest BCUT2D eigenvalue weighted by Gasteiger charge is -2.19. The summed E-state index contributed by atoms with van der Waals surface area (Å²) in [5, 5.41) is -0.761. The largest absolute Gasteiger partial charge is 0.275 e. The zero-order valence-corrected chi connectivity index (χ0v) is 9.15. The van der Waals surface area contributed by atoms with Crippen molar-refractivity contribution in [3.05, 3.63) is 35.1 Å². The van der Waals surface area contributed by atoms with Gasteiger partial charge in [-0.25, -0.2) is 4.39 Å². The smallest absolute Gasteiger partial charge is 0.255 e. The Kier molecular flexibility index (Phi) is 2.95. The van der Waals surface area contributed by atoms with Crippen LogP contribution in [0.4, 0.5) is 4.39 Å². The third-order valence-corrected chi connectivity index (χ3v) is 2.25. The standard InChI is InChI=1S/C11H12ClFO/c1-11(2,3)7-4-5-8(10(12)14)9(13)6-7/h4-6H,1-3H3. The lowest BCUT2D eigenvalue weighted by molar-refractivity contribution is 0.107. The van der Waals surface area contributed by atoms with Gasteiger partial charge in [-0.3, -0.25) is 4.79 Å². The van der Waals surface area contributed by atoms with E-state index >= 15 is 0 Å². The van der Waals surface area contributed by atoms with E-state index in [1.807, 2.05) is 20.8 Å². The predicted molar refractivity (Wildman–Crippen MR) is 55.3 cm³/mol. The van der Waals surface area contributed by atoms with Crippen LogP contribution in [0.5, 0.6) is 0 Å². The molecule has 0 aliphatic carbocycles. The minimum absolute atomic E-state index is 0.0698. The van der Waals surface area contributed by atoms with Crippen LogP contribution in [0.1, 0.15) is 36.7 Å². The lowest BCUT2D eigenvalue weighted by Crippen LogP contribution is -2.12. The van der Waals surface area contributed by atoms with E-state index in [0.717, 1.165) is 5.56 Å². The molecule has 0 amide bonds. The third kappa shape index (κ3) is 2.32. The number of rotatable bonds is 1. The molecule has 0 unspecified atom stereocenters. The molecule has 0 aliphatic rings. The summed E-state index contributed by atoms with van der Waals surface area (Å²) >= 11 is 5.20. The van der Waals surface area contributed by atoms with Gasteiger partial charge in [0.1, 0.15) is 5.82 Å².